The lowest BCUT2D eigenvalue weighted by atomic mass is 9.79. The number of likely N-dealkylation sites (tertiary alicyclic amines) is 1. The molecule has 0 aromatic rings. The summed E-state index contributed by atoms with van der Waals surface area (Å²) in [5.74, 6) is 0.653. The first-order valence-electron chi connectivity index (χ1n) is 8.80. The lowest BCUT2D eigenvalue weighted by molar-refractivity contribution is -0.0819. The first-order valence-corrected chi connectivity index (χ1v) is 8.80. The molecule has 124 valence electrons. The fourth-order valence-electron chi connectivity index (χ4n) is 4.39. The van der Waals surface area contributed by atoms with E-state index in [2.05, 4.69) is 39.5 Å². The van der Waals surface area contributed by atoms with Gasteiger partial charge in [-0.2, -0.15) is 0 Å². The Balaban J connectivity index is 1.86. The van der Waals surface area contributed by atoms with Crippen LogP contribution >= 0.6 is 0 Å². The second-order valence-electron chi connectivity index (χ2n) is 8.52. The van der Waals surface area contributed by atoms with E-state index in [9.17, 15) is 5.11 Å². The molecule has 0 spiro atoms. The van der Waals surface area contributed by atoms with Gasteiger partial charge in [0.25, 0.3) is 0 Å². The lowest BCUT2D eigenvalue weighted by Crippen LogP contribution is -2.60. The van der Waals surface area contributed by atoms with Crippen molar-refractivity contribution in [2.75, 3.05) is 13.2 Å². The van der Waals surface area contributed by atoms with Gasteiger partial charge in [0.2, 0.25) is 0 Å². The number of hydrogen-bond donors (Lipinski definition) is 1. The minimum absolute atomic E-state index is 0.170. The zero-order chi connectivity index (χ0) is 15.7. The topological polar surface area (TPSA) is 32.7 Å². The van der Waals surface area contributed by atoms with Crippen molar-refractivity contribution in [3.63, 3.8) is 0 Å². The predicted molar refractivity (Wildman–Crippen MR) is 87.5 cm³/mol. The number of rotatable bonds is 5. The molecule has 1 aliphatic heterocycles. The smallest absolute Gasteiger partial charge is 0.0900 e. The third-order valence-electron chi connectivity index (χ3n) is 5.72. The largest absolute Gasteiger partial charge is 0.389 e. The van der Waals surface area contributed by atoms with Gasteiger partial charge in [0.05, 0.1) is 18.8 Å². The molecule has 1 saturated heterocycles. The summed E-state index contributed by atoms with van der Waals surface area (Å²) in [6.45, 7) is 12.7. The molecule has 1 heterocycles. The summed E-state index contributed by atoms with van der Waals surface area (Å²) in [6, 6.07) is 0. The van der Waals surface area contributed by atoms with Gasteiger partial charge in [-0.1, -0.05) is 13.3 Å². The van der Waals surface area contributed by atoms with E-state index in [0.717, 1.165) is 13.0 Å². The summed E-state index contributed by atoms with van der Waals surface area (Å²) < 4.78 is 5.98. The molecular formula is C18H35NO2. The van der Waals surface area contributed by atoms with Crippen LogP contribution in [0.3, 0.4) is 0 Å². The molecule has 1 saturated carbocycles. The van der Waals surface area contributed by atoms with Crippen LogP contribution in [-0.2, 0) is 4.74 Å². The molecule has 2 fully saturated rings. The van der Waals surface area contributed by atoms with Crippen molar-refractivity contribution in [3.05, 3.63) is 0 Å². The first-order chi connectivity index (χ1) is 9.72. The highest BCUT2D eigenvalue weighted by molar-refractivity contribution is 4.97. The van der Waals surface area contributed by atoms with Gasteiger partial charge in [-0.3, -0.25) is 4.90 Å². The van der Waals surface area contributed by atoms with E-state index >= 15 is 0 Å². The van der Waals surface area contributed by atoms with Crippen LogP contribution in [0.4, 0.5) is 0 Å². The van der Waals surface area contributed by atoms with E-state index in [1.807, 2.05) is 0 Å². The number of β-amino-alcohol motifs (C(OH)–C–C–N with tert-alkyl or cyclic N) is 1. The molecule has 0 amide bonds. The maximum atomic E-state index is 10.4. The fourth-order valence-corrected chi connectivity index (χ4v) is 4.39. The van der Waals surface area contributed by atoms with E-state index in [-0.39, 0.29) is 17.2 Å². The maximum Gasteiger partial charge on any atom is 0.0900 e. The van der Waals surface area contributed by atoms with E-state index in [1.54, 1.807) is 0 Å². The lowest BCUT2D eigenvalue weighted by Gasteiger charge is -2.53. The van der Waals surface area contributed by atoms with Gasteiger partial charge in [0.1, 0.15) is 0 Å². The van der Waals surface area contributed by atoms with Crippen molar-refractivity contribution < 1.29 is 9.84 Å². The quantitative estimate of drug-likeness (QED) is 0.841. The van der Waals surface area contributed by atoms with Crippen LogP contribution < -0.4 is 0 Å². The zero-order valence-corrected chi connectivity index (χ0v) is 14.7. The second-order valence-corrected chi connectivity index (χ2v) is 8.52. The number of hydrogen-bond acceptors (Lipinski definition) is 3. The fraction of sp³-hybridized carbons (Fsp3) is 1.00. The van der Waals surface area contributed by atoms with Crippen molar-refractivity contribution >= 4 is 0 Å². The van der Waals surface area contributed by atoms with Crippen LogP contribution in [-0.4, -0.2) is 46.4 Å². The van der Waals surface area contributed by atoms with E-state index in [4.69, 9.17) is 4.74 Å². The van der Waals surface area contributed by atoms with Crippen molar-refractivity contribution in [3.8, 4) is 0 Å². The number of aliphatic hydroxyl groups excluding tert-OH is 1. The Morgan fingerprint density at radius 2 is 1.71 bits per heavy atom. The molecule has 0 bridgehead atoms. The second kappa shape index (κ2) is 6.55. The first kappa shape index (κ1) is 17.2. The van der Waals surface area contributed by atoms with Crippen LogP contribution in [0.25, 0.3) is 0 Å². The molecule has 2 aliphatic rings. The standard InChI is InChI=1S/C18H35NO2/c1-14-8-6-9-16(14)21-13-15(20)12-19-17(2,3)10-7-11-18(19,4)5/h14-16,20H,6-13H2,1-5H3/t14-,15+,16+/m0/s1. The van der Waals surface area contributed by atoms with E-state index < -0.39 is 0 Å². The number of nitrogens with zero attached hydrogens (tertiary/aromatic N) is 1. The Morgan fingerprint density at radius 3 is 2.24 bits per heavy atom. The highest BCUT2D eigenvalue weighted by Gasteiger charge is 2.41. The van der Waals surface area contributed by atoms with Crippen molar-refractivity contribution in [1.29, 1.82) is 0 Å². The molecule has 0 aromatic carbocycles. The van der Waals surface area contributed by atoms with Crippen molar-refractivity contribution in [2.24, 2.45) is 5.92 Å². The molecule has 3 nitrogen and oxygen atoms in total. The summed E-state index contributed by atoms with van der Waals surface area (Å²) in [6.07, 6.45) is 7.39. The molecule has 1 N–H and O–H groups in total. The third-order valence-corrected chi connectivity index (χ3v) is 5.72. The van der Waals surface area contributed by atoms with Gasteiger partial charge >= 0.3 is 0 Å². The summed E-state index contributed by atoms with van der Waals surface area (Å²) in [7, 11) is 0. The van der Waals surface area contributed by atoms with Gasteiger partial charge in [-0.15, -0.1) is 0 Å². The summed E-state index contributed by atoms with van der Waals surface area (Å²) in [5, 5.41) is 10.4. The van der Waals surface area contributed by atoms with Crippen molar-refractivity contribution in [1.82, 2.24) is 4.90 Å². The summed E-state index contributed by atoms with van der Waals surface area (Å²) >= 11 is 0. The third kappa shape index (κ3) is 4.20. The molecule has 3 heteroatoms. The Hall–Kier alpha value is -0.120. The van der Waals surface area contributed by atoms with Gasteiger partial charge in [-0.05, 0) is 65.7 Å². The predicted octanol–water partition coefficient (Wildman–Crippen LogP) is 3.60. The van der Waals surface area contributed by atoms with E-state index in [0.29, 0.717) is 18.6 Å². The highest BCUT2D eigenvalue weighted by Crippen LogP contribution is 2.38. The molecule has 21 heavy (non-hydrogen) atoms. The van der Waals surface area contributed by atoms with Gasteiger partial charge in [0, 0.05) is 17.6 Å². The molecule has 3 atom stereocenters. The molecular weight excluding hydrogens is 262 g/mol. The Kier molecular flexibility index (Phi) is 5.38. The normalized spacial score (nSPS) is 34.0. The molecule has 2 rings (SSSR count). The van der Waals surface area contributed by atoms with Crippen LogP contribution in [0, 0.1) is 5.92 Å². The van der Waals surface area contributed by atoms with E-state index in [1.165, 1.54) is 32.1 Å². The molecule has 0 aromatic heterocycles. The molecule has 0 unspecified atom stereocenters. The highest BCUT2D eigenvalue weighted by atomic mass is 16.5. The van der Waals surface area contributed by atoms with Crippen LogP contribution in [0.1, 0.15) is 73.1 Å². The monoisotopic (exact) mass is 297 g/mol. The Labute approximate surface area is 131 Å². The Morgan fingerprint density at radius 1 is 1.10 bits per heavy atom. The van der Waals surface area contributed by atoms with Crippen LogP contribution in [0.15, 0.2) is 0 Å². The summed E-state index contributed by atoms with van der Waals surface area (Å²) in [5.41, 5.74) is 0.340. The SMILES string of the molecule is C[C@H]1CCC[C@H]1OC[C@H](O)CN1C(C)(C)CCCC1(C)C. The average Bonchev–Trinajstić information content (AvgIpc) is 2.77. The zero-order valence-electron chi connectivity index (χ0n) is 14.7. The van der Waals surface area contributed by atoms with Gasteiger partial charge < -0.3 is 9.84 Å². The Bertz CT molecular complexity index is 324. The molecule has 0 radical (unpaired) electrons. The minimum Gasteiger partial charge on any atom is -0.389 e. The average molecular weight is 297 g/mol. The number of aliphatic hydroxyl groups is 1. The summed E-state index contributed by atoms with van der Waals surface area (Å²) in [4.78, 5) is 2.50. The van der Waals surface area contributed by atoms with Crippen molar-refractivity contribution in [2.45, 2.75) is 96.4 Å². The molecule has 1 aliphatic carbocycles. The van der Waals surface area contributed by atoms with Gasteiger partial charge in [0.15, 0.2) is 0 Å². The maximum absolute atomic E-state index is 10.4. The number of piperidine rings is 1. The van der Waals surface area contributed by atoms with Gasteiger partial charge in [-0.25, -0.2) is 0 Å². The van der Waals surface area contributed by atoms with Crippen LogP contribution in [0.2, 0.25) is 0 Å². The number of ether oxygens (including phenoxy) is 1. The minimum atomic E-state index is -0.380. The van der Waals surface area contributed by atoms with Crippen LogP contribution in [0.5, 0.6) is 0 Å².